The van der Waals surface area contributed by atoms with Crippen LogP contribution in [0.3, 0.4) is 0 Å². The Morgan fingerprint density at radius 1 is 1.25 bits per heavy atom. The van der Waals surface area contributed by atoms with E-state index in [4.69, 9.17) is 0 Å². The molecule has 108 valence electrons. The Bertz CT molecular complexity index is 656. The second kappa shape index (κ2) is 5.31. The summed E-state index contributed by atoms with van der Waals surface area (Å²) < 4.78 is 2.00. The molecule has 1 N–H and O–H groups in total. The van der Waals surface area contributed by atoms with Gasteiger partial charge in [-0.05, 0) is 24.8 Å². The molecule has 0 atom stereocenters. The maximum absolute atomic E-state index is 12.4. The molecule has 3 nitrogen and oxygen atoms in total. The average Bonchev–Trinajstić information content (AvgIpc) is 2.66. The smallest absolute Gasteiger partial charge is 0.268 e. The highest BCUT2D eigenvalue weighted by molar-refractivity contribution is 5.65. The zero-order chi connectivity index (χ0) is 14.9. The van der Waals surface area contributed by atoms with Crippen LogP contribution in [0, 0.1) is 6.92 Å². The summed E-state index contributed by atoms with van der Waals surface area (Å²) in [6.45, 7) is 11.3. The van der Waals surface area contributed by atoms with E-state index < -0.39 is 0 Å². The van der Waals surface area contributed by atoms with Crippen LogP contribution < -0.4 is 5.56 Å². The predicted molar refractivity (Wildman–Crippen MR) is 84.2 cm³/mol. The molecule has 0 fully saturated rings. The summed E-state index contributed by atoms with van der Waals surface area (Å²) in [6, 6.07) is 8.35. The van der Waals surface area contributed by atoms with Gasteiger partial charge in [0.15, 0.2) is 0 Å². The van der Waals surface area contributed by atoms with Crippen molar-refractivity contribution in [3.05, 3.63) is 45.7 Å². The highest BCUT2D eigenvalue weighted by atomic mass is 16.1. The minimum Gasteiger partial charge on any atom is -0.284 e. The number of H-pyrrole nitrogens is 1. The van der Waals surface area contributed by atoms with Crippen LogP contribution in [-0.2, 0) is 12.0 Å². The van der Waals surface area contributed by atoms with Crippen LogP contribution in [0.4, 0.5) is 0 Å². The molecule has 20 heavy (non-hydrogen) atoms. The van der Waals surface area contributed by atoms with Gasteiger partial charge in [-0.15, -0.1) is 0 Å². The fraction of sp³-hybridized carbons (Fsp3) is 0.471. The lowest BCUT2D eigenvalue weighted by molar-refractivity contribution is 0.583. The Hall–Kier alpha value is -1.77. The molecule has 2 aromatic rings. The molecule has 0 aliphatic rings. The third-order valence-corrected chi connectivity index (χ3v) is 3.46. The summed E-state index contributed by atoms with van der Waals surface area (Å²) >= 11 is 0. The molecule has 2 rings (SSSR count). The van der Waals surface area contributed by atoms with E-state index in [0.29, 0.717) is 0 Å². The molecule has 0 amide bonds. The third kappa shape index (κ3) is 2.72. The van der Waals surface area contributed by atoms with Gasteiger partial charge in [0.25, 0.3) is 5.56 Å². The standard InChI is InChI=1S/C17H24N2O/c1-6-10-19-15(13-9-7-8-12(2)11-13)14(16(20)18-19)17(3,4)5/h7-9,11H,6,10H2,1-5H3,(H,18,20). The molecule has 0 saturated heterocycles. The van der Waals surface area contributed by atoms with Crippen LogP contribution in [0.5, 0.6) is 0 Å². The first-order valence-corrected chi connectivity index (χ1v) is 7.25. The van der Waals surface area contributed by atoms with Crippen molar-refractivity contribution in [3.63, 3.8) is 0 Å². The third-order valence-electron chi connectivity index (χ3n) is 3.46. The minimum atomic E-state index is -0.175. The largest absolute Gasteiger partial charge is 0.284 e. The summed E-state index contributed by atoms with van der Waals surface area (Å²) in [5.74, 6) is 0. The van der Waals surface area contributed by atoms with Gasteiger partial charge in [0, 0.05) is 17.7 Å². The van der Waals surface area contributed by atoms with Gasteiger partial charge < -0.3 is 0 Å². The molecule has 0 spiro atoms. The number of benzene rings is 1. The van der Waals surface area contributed by atoms with Crippen LogP contribution in [0.15, 0.2) is 29.1 Å². The van der Waals surface area contributed by atoms with Crippen LogP contribution >= 0.6 is 0 Å². The Kier molecular flexibility index (Phi) is 3.89. The van der Waals surface area contributed by atoms with Gasteiger partial charge in [-0.1, -0.05) is 51.5 Å². The summed E-state index contributed by atoms with van der Waals surface area (Å²) in [4.78, 5) is 12.4. The van der Waals surface area contributed by atoms with Gasteiger partial charge >= 0.3 is 0 Å². The molecular weight excluding hydrogens is 248 g/mol. The molecule has 0 saturated carbocycles. The molecule has 1 aromatic heterocycles. The normalized spacial score (nSPS) is 11.8. The van der Waals surface area contributed by atoms with Crippen molar-refractivity contribution in [1.82, 2.24) is 9.78 Å². The van der Waals surface area contributed by atoms with Crippen molar-refractivity contribution < 1.29 is 0 Å². The molecule has 0 unspecified atom stereocenters. The maximum Gasteiger partial charge on any atom is 0.268 e. The van der Waals surface area contributed by atoms with Crippen LogP contribution in [0.2, 0.25) is 0 Å². The van der Waals surface area contributed by atoms with E-state index in [1.165, 1.54) is 5.56 Å². The van der Waals surface area contributed by atoms with Crippen molar-refractivity contribution in [1.29, 1.82) is 0 Å². The Labute approximate surface area is 120 Å². The number of hydrogen-bond donors (Lipinski definition) is 1. The summed E-state index contributed by atoms with van der Waals surface area (Å²) in [5, 5.41) is 3.00. The molecule has 3 heteroatoms. The van der Waals surface area contributed by atoms with Gasteiger partial charge in [-0.2, -0.15) is 0 Å². The maximum atomic E-state index is 12.4. The summed E-state index contributed by atoms with van der Waals surface area (Å²) in [5.41, 5.74) is 4.08. The molecule has 0 aliphatic heterocycles. The van der Waals surface area contributed by atoms with Gasteiger partial charge in [0.1, 0.15) is 0 Å². The molecule has 0 aliphatic carbocycles. The molecule has 0 bridgehead atoms. The minimum absolute atomic E-state index is 0.0301. The lowest BCUT2D eigenvalue weighted by atomic mass is 9.85. The molecule has 1 heterocycles. The number of hydrogen-bond acceptors (Lipinski definition) is 1. The van der Waals surface area contributed by atoms with Gasteiger partial charge in [-0.25, -0.2) is 0 Å². The van der Waals surface area contributed by atoms with Crippen LogP contribution in [-0.4, -0.2) is 9.78 Å². The van der Waals surface area contributed by atoms with Crippen molar-refractivity contribution >= 4 is 0 Å². The first-order valence-electron chi connectivity index (χ1n) is 7.25. The first-order chi connectivity index (χ1) is 9.34. The number of nitrogens with one attached hydrogen (secondary N) is 1. The van der Waals surface area contributed by atoms with Gasteiger partial charge in [-0.3, -0.25) is 14.6 Å². The van der Waals surface area contributed by atoms with Crippen molar-refractivity contribution in [3.8, 4) is 11.3 Å². The Morgan fingerprint density at radius 2 is 1.95 bits per heavy atom. The van der Waals surface area contributed by atoms with Crippen molar-refractivity contribution in [2.24, 2.45) is 0 Å². The summed E-state index contributed by atoms with van der Waals surface area (Å²) in [6.07, 6.45) is 0.993. The number of nitrogens with zero attached hydrogens (tertiary/aromatic N) is 1. The SMILES string of the molecule is CCCn1[nH]c(=O)c(C(C)(C)C)c1-c1cccc(C)c1. The number of aromatic amines is 1. The lowest BCUT2D eigenvalue weighted by Crippen LogP contribution is -2.21. The predicted octanol–water partition coefficient (Wildman–Crippen LogP) is 3.86. The Morgan fingerprint density at radius 3 is 2.50 bits per heavy atom. The van der Waals surface area contributed by atoms with E-state index in [9.17, 15) is 4.79 Å². The Balaban J connectivity index is 2.74. The average molecular weight is 272 g/mol. The van der Waals surface area contributed by atoms with E-state index in [1.807, 2.05) is 10.7 Å². The summed E-state index contributed by atoms with van der Waals surface area (Å²) in [7, 11) is 0. The molecule has 1 aromatic carbocycles. The van der Waals surface area contributed by atoms with E-state index in [1.54, 1.807) is 0 Å². The van der Waals surface area contributed by atoms with Gasteiger partial charge in [0.2, 0.25) is 0 Å². The van der Waals surface area contributed by atoms with Gasteiger partial charge in [0.05, 0.1) is 5.69 Å². The molecular formula is C17H24N2O. The topological polar surface area (TPSA) is 37.8 Å². The van der Waals surface area contributed by atoms with E-state index in [-0.39, 0.29) is 11.0 Å². The van der Waals surface area contributed by atoms with Crippen LogP contribution in [0.25, 0.3) is 11.3 Å². The number of rotatable bonds is 3. The lowest BCUT2D eigenvalue weighted by Gasteiger charge is -2.19. The van der Waals surface area contributed by atoms with E-state index in [0.717, 1.165) is 29.8 Å². The zero-order valence-corrected chi connectivity index (χ0v) is 13.1. The number of aryl methyl sites for hydroxylation is 2. The fourth-order valence-corrected chi connectivity index (χ4v) is 2.66. The monoisotopic (exact) mass is 272 g/mol. The van der Waals surface area contributed by atoms with E-state index >= 15 is 0 Å². The first kappa shape index (κ1) is 14.6. The fourth-order valence-electron chi connectivity index (χ4n) is 2.66. The van der Waals surface area contributed by atoms with Crippen LogP contribution in [0.1, 0.15) is 45.2 Å². The van der Waals surface area contributed by atoms with Crippen molar-refractivity contribution in [2.45, 2.75) is 53.0 Å². The zero-order valence-electron chi connectivity index (χ0n) is 13.1. The quantitative estimate of drug-likeness (QED) is 0.905. The van der Waals surface area contributed by atoms with E-state index in [2.05, 4.69) is 57.9 Å². The number of aromatic nitrogens is 2. The molecule has 0 radical (unpaired) electrons. The highest BCUT2D eigenvalue weighted by Gasteiger charge is 2.26. The highest BCUT2D eigenvalue weighted by Crippen LogP contribution is 2.31. The second-order valence-electron chi connectivity index (χ2n) is 6.44. The second-order valence-corrected chi connectivity index (χ2v) is 6.44. The van der Waals surface area contributed by atoms with Crippen molar-refractivity contribution in [2.75, 3.05) is 0 Å².